The van der Waals surface area contributed by atoms with Crippen LogP contribution in [-0.4, -0.2) is 11.7 Å². The van der Waals surface area contributed by atoms with Gasteiger partial charge in [-0.05, 0) is 25.1 Å². The fourth-order valence-corrected chi connectivity index (χ4v) is 1.20. The highest BCUT2D eigenvalue weighted by molar-refractivity contribution is 5.35. The molecule has 1 aromatic rings. The smallest absolute Gasteiger partial charge is 0.125 e. The van der Waals surface area contributed by atoms with Crippen molar-refractivity contribution in [3.05, 3.63) is 29.6 Å². The van der Waals surface area contributed by atoms with Gasteiger partial charge in [0.05, 0.1) is 12.7 Å². The molecule has 0 fully saturated rings. The third kappa shape index (κ3) is 3.26. The Kier molecular flexibility index (Phi) is 4.14. The van der Waals surface area contributed by atoms with Crippen LogP contribution in [0, 0.1) is 18.2 Å². The summed E-state index contributed by atoms with van der Waals surface area (Å²) >= 11 is 0. The molecule has 0 radical (unpaired) electrons. The highest BCUT2D eigenvalue weighted by Crippen LogP contribution is 2.25. The number of ether oxygens (including phenoxy) is 1. The van der Waals surface area contributed by atoms with Crippen LogP contribution in [0.1, 0.15) is 25.0 Å². The summed E-state index contributed by atoms with van der Waals surface area (Å²) in [6, 6.07) is 4.04. The van der Waals surface area contributed by atoms with Crippen molar-refractivity contribution >= 4 is 0 Å². The predicted octanol–water partition coefficient (Wildman–Crippen LogP) is 2.28. The molecule has 0 spiro atoms. The second-order valence-corrected chi connectivity index (χ2v) is 3.16. The fraction of sp³-hybridized carbons (Fsp3) is 0.333. The van der Waals surface area contributed by atoms with Crippen LogP contribution in [0.3, 0.4) is 0 Å². The second-order valence-electron chi connectivity index (χ2n) is 3.16. The van der Waals surface area contributed by atoms with Gasteiger partial charge in [-0.15, -0.1) is 12.3 Å². The molecule has 1 atom stereocenters. The van der Waals surface area contributed by atoms with Crippen LogP contribution in [0.5, 0.6) is 5.75 Å². The van der Waals surface area contributed by atoms with Crippen molar-refractivity contribution in [2.75, 3.05) is 6.61 Å². The van der Waals surface area contributed by atoms with E-state index in [1.807, 2.05) is 0 Å². The highest BCUT2D eigenvalue weighted by atomic mass is 19.1. The van der Waals surface area contributed by atoms with Crippen molar-refractivity contribution in [3.8, 4) is 18.1 Å². The van der Waals surface area contributed by atoms with E-state index in [4.69, 9.17) is 11.2 Å². The van der Waals surface area contributed by atoms with Gasteiger partial charge in [0.2, 0.25) is 0 Å². The van der Waals surface area contributed by atoms with Crippen LogP contribution in [0.2, 0.25) is 0 Å². The first-order valence-electron chi connectivity index (χ1n) is 4.69. The molecule has 80 valence electrons. The summed E-state index contributed by atoms with van der Waals surface area (Å²) in [4.78, 5) is 0. The van der Waals surface area contributed by atoms with Crippen molar-refractivity contribution in [3.63, 3.8) is 0 Å². The van der Waals surface area contributed by atoms with Gasteiger partial charge in [-0.3, -0.25) is 0 Å². The van der Waals surface area contributed by atoms with Crippen molar-refractivity contribution in [2.24, 2.45) is 0 Å². The van der Waals surface area contributed by atoms with Gasteiger partial charge in [0, 0.05) is 12.0 Å². The molecule has 3 heteroatoms. The SMILES string of the molecule is C#CCCOc1ccc(F)cc1[C@@H](C)O. The molecule has 0 saturated carbocycles. The normalized spacial score (nSPS) is 11.9. The Morgan fingerprint density at radius 3 is 2.93 bits per heavy atom. The van der Waals surface area contributed by atoms with Crippen LogP contribution in [0.15, 0.2) is 18.2 Å². The third-order valence-electron chi connectivity index (χ3n) is 1.93. The summed E-state index contributed by atoms with van der Waals surface area (Å²) in [5.41, 5.74) is 0.437. The maximum absolute atomic E-state index is 12.9. The standard InChI is InChI=1S/C12H13FO2/c1-3-4-7-15-12-6-5-10(13)8-11(12)9(2)14/h1,5-6,8-9,14H,4,7H2,2H3/t9-/m1/s1. The summed E-state index contributed by atoms with van der Waals surface area (Å²) in [5, 5.41) is 9.40. The first-order valence-corrected chi connectivity index (χ1v) is 4.69. The largest absolute Gasteiger partial charge is 0.492 e. The van der Waals surface area contributed by atoms with Crippen molar-refractivity contribution in [2.45, 2.75) is 19.4 Å². The van der Waals surface area contributed by atoms with Gasteiger partial charge in [-0.2, -0.15) is 0 Å². The Balaban J connectivity index is 2.82. The Labute approximate surface area is 88.7 Å². The number of hydrogen-bond acceptors (Lipinski definition) is 2. The number of aliphatic hydroxyl groups excluding tert-OH is 1. The average molecular weight is 208 g/mol. The lowest BCUT2D eigenvalue weighted by molar-refractivity contribution is 0.191. The van der Waals surface area contributed by atoms with E-state index in [0.29, 0.717) is 24.3 Å². The second kappa shape index (κ2) is 5.38. The van der Waals surface area contributed by atoms with E-state index >= 15 is 0 Å². The molecule has 0 aliphatic rings. The molecule has 15 heavy (non-hydrogen) atoms. The first kappa shape index (κ1) is 11.5. The maximum Gasteiger partial charge on any atom is 0.125 e. The number of hydrogen-bond donors (Lipinski definition) is 1. The van der Waals surface area contributed by atoms with Crippen LogP contribution < -0.4 is 4.74 Å². The molecule has 0 heterocycles. The number of aliphatic hydroxyl groups is 1. The van der Waals surface area contributed by atoms with Crippen LogP contribution in [0.4, 0.5) is 4.39 Å². The zero-order chi connectivity index (χ0) is 11.3. The van der Waals surface area contributed by atoms with E-state index < -0.39 is 11.9 Å². The summed E-state index contributed by atoms with van der Waals surface area (Å²) in [5.74, 6) is 2.52. The van der Waals surface area contributed by atoms with E-state index in [2.05, 4.69) is 5.92 Å². The Hall–Kier alpha value is -1.53. The average Bonchev–Trinajstić information content (AvgIpc) is 2.20. The molecular weight excluding hydrogens is 195 g/mol. The molecule has 0 aliphatic heterocycles. The minimum absolute atomic E-state index is 0.363. The zero-order valence-electron chi connectivity index (χ0n) is 8.53. The maximum atomic E-state index is 12.9. The van der Waals surface area contributed by atoms with Gasteiger partial charge in [-0.1, -0.05) is 0 Å². The van der Waals surface area contributed by atoms with E-state index in [0.717, 1.165) is 0 Å². The van der Waals surface area contributed by atoms with Crippen molar-refractivity contribution in [1.82, 2.24) is 0 Å². The molecule has 0 bridgehead atoms. The molecule has 0 unspecified atom stereocenters. The predicted molar refractivity (Wildman–Crippen MR) is 56.0 cm³/mol. The minimum atomic E-state index is -0.762. The summed E-state index contributed by atoms with van der Waals surface area (Å²) in [7, 11) is 0. The molecule has 0 aliphatic carbocycles. The lowest BCUT2D eigenvalue weighted by Gasteiger charge is -2.12. The molecule has 1 N–H and O–H groups in total. The van der Waals surface area contributed by atoms with E-state index in [9.17, 15) is 9.50 Å². The van der Waals surface area contributed by atoms with E-state index in [1.54, 1.807) is 6.92 Å². The summed E-state index contributed by atoms with van der Waals surface area (Å²) < 4.78 is 18.2. The van der Waals surface area contributed by atoms with E-state index in [-0.39, 0.29) is 0 Å². The Morgan fingerprint density at radius 2 is 2.33 bits per heavy atom. The van der Waals surface area contributed by atoms with Crippen molar-refractivity contribution < 1.29 is 14.2 Å². The van der Waals surface area contributed by atoms with Gasteiger partial charge < -0.3 is 9.84 Å². The van der Waals surface area contributed by atoms with Crippen LogP contribution in [-0.2, 0) is 0 Å². The molecule has 1 rings (SSSR count). The Bertz CT molecular complexity index is 366. The first-order chi connectivity index (χ1) is 7.15. The van der Waals surface area contributed by atoms with Crippen LogP contribution >= 0.6 is 0 Å². The monoisotopic (exact) mass is 208 g/mol. The van der Waals surface area contributed by atoms with Gasteiger partial charge >= 0.3 is 0 Å². The van der Waals surface area contributed by atoms with Gasteiger partial charge in [0.15, 0.2) is 0 Å². The molecular formula is C12H13FO2. The topological polar surface area (TPSA) is 29.5 Å². The lowest BCUT2D eigenvalue weighted by Crippen LogP contribution is -2.02. The fourth-order valence-electron chi connectivity index (χ4n) is 1.20. The number of terminal acetylenes is 1. The molecule has 0 aromatic heterocycles. The number of rotatable bonds is 4. The van der Waals surface area contributed by atoms with Crippen molar-refractivity contribution in [1.29, 1.82) is 0 Å². The quantitative estimate of drug-likeness (QED) is 0.607. The Morgan fingerprint density at radius 1 is 1.60 bits per heavy atom. The van der Waals surface area contributed by atoms with Gasteiger partial charge in [0.1, 0.15) is 11.6 Å². The zero-order valence-corrected chi connectivity index (χ0v) is 8.53. The lowest BCUT2D eigenvalue weighted by atomic mass is 10.1. The third-order valence-corrected chi connectivity index (χ3v) is 1.93. The summed E-state index contributed by atoms with van der Waals surface area (Å²) in [6.45, 7) is 1.92. The van der Waals surface area contributed by atoms with Gasteiger partial charge in [0.25, 0.3) is 0 Å². The minimum Gasteiger partial charge on any atom is -0.492 e. The molecule has 0 amide bonds. The molecule has 1 aromatic carbocycles. The van der Waals surface area contributed by atoms with Crippen LogP contribution in [0.25, 0.3) is 0 Å². The summed E-state index contributed by atoms with van der Waals surface area (Å²) in [6.07, 6.45) is 4.80. The van der Waals surface area contributed by atoms with E-state index in [1.165, 1.54) is 18.2 Å². The number of benzene rings is 1. The highest BCUT2D eigenvalue weighted by Gasteiger charge is 2.10. The van der Waals surface area contributed by atoms with Gasteiger partial charge in [-0.25, -0.2) is 4.39 Å². The number of halogens is 1. The molecule has 2 nitrogen and oxygen atoms in total. The molecule has 0 saturated heterocycles.